The molecule has 1 heterocycles. The van der Waals surface area contributed by atoms with E-state index in [1.54, 1.807) is 24.4 Å². The minimum atomic E-state index is -4.14. The number of anilines is 1. The van der Waals surface area contributed by atoms with E-state index in [2.05, 4.69) is 4.72 Å². The maximum absolute atomic E-state index is 13.4. The SMILES string of the molecule is COC(=O)C(c1ccc(F)cc1Cl)n1ccc2c(NS(=O)(=O)CF)cccc21. The highest BCUT2D eigenvalue weighted by molar-refractivity contribution is 7.92. The van der Waals surface area contributed by atoms with Gasteiger partial charge in [0.15, 0.2) is 6.04 Å². The molecule has 0 saturated heterocycles. The molecule has 0 aliphatic carbocycles. The number of hydrogen-bond donors (Lipinski definition) is 1. The van der Waals surface area contributed by atoms with Crippen LogP contribution in [0.4, 0.5) is 14.5 Å². The molecule has 0 amide bonds. The summed E-state index contributed by atoms with van der Waals surface area (Å²) in [6.07, 6.45) is 1.54. The Hall–Kier alpha value is -2.65. The number of methoxy groups -OCH3 is 1. The van der Waals surface area contributed by atoms with Crippen LogP contribution < -0.4 is 4.72 Å². The molecule has 148 valence electrons. The van der Waals surface area contributed by atoms with Gasteiger partial charge in [-0.3, -0.25) is 4.72 Å². The number of carbonyl (C=O) groups is 1. The fourth-order valence-corrected chi connectivity index (χ4v) is 3.76. The van der Waals surface area contributed by atoms with Crippen LogP contribution >= 0.6 is 11.6 Å². The number of carbonyl (C=O) groups excluding carboxylic acids is 1. The lowest BCUT2D eigenvalue weighted by atomic mass is 10.1. The molecule has 1 N–H and O–H groups in total. The van der Waals surface area contributed by atoms with Crippen LogP contribution in [0.2, 0.25) is 5.02 Å². The summed E-state index contributed by atoms with van der Waals surface area (Å²) in [7, 11) is -2.93. The second-order valence-electron chi connectivity index (χ2n) is 5.88. The molecule has 1 aromatic heterocycles. The Kier molecular flexibility index (Phi) is 5.57. The second-order valence-corrected chi connectivity index (χ2v) is 7.94. The van der Waals surface area contributed by atoms with Crippen molar-refractivity contribution in [2.24, 2.45) is 0 Å². The van der Waals surface area contributed by atoms with Gasteiger partial charge in [-0.2, -0.15) is 0 Å². The first-order chi connectivity index (χ1) is 13.3. The zero-order valence-electron chi connectivity index (χ0n) is 14.5. The van der Waals surface area contributed by atoms with Gasteiger partial charge in [-0.15, -0.1) is 0 Å². The first-order valence-corrected chi connectivity index (χ1v) is 9.99. The zero-order chi connectivity index (χ0) is 20.5. The average Bonchev–Trinajstić information content (AvgIpc) is 3.08. The first kappa shape index (κ1) is 20.1. The number of fused-ring (bicyclic) bond motifs is 1. The molecule has 1 atom stereocenters. The highest BCUT2D eigenvalue weighted by Crippen LogP contribution is 2.33. The second kappa shape index (κ2) is 7.76. The summed E-state index contributed by atoms with van der Waals surface area (Å²) in [6, 6.07) is 7.26. The van der Waals surface area contributed by atoms with Crippen LogP contribution in [-0.4, -0.2) is 32.1 Å². The number of esters is 1. The number of aromatic nitrogens is 1. The molecule has 6 nitrogen and oxygen atoms in total. The number of halogens is 3. The molecule has 2 aromatic carbocycles. The molecule has 3 aromatic rings. The maximum atomic E-state index is 13.4. The highest BCUT2D eigenvalue weighted by Gasteiger charge is 2.27. The van der Waals surface area contributed by atoms with E-state index in [9.17, 15) is 22.0 Å². The monoisotopic (exact) mass is 428 g/mol. The van der Waals surface area contributed by atoms with E-state index < -0.39 is 33.9 Å². The average molecular weight is 429 g/mol. The van der Waals surface area contributed by atoms with Crippen LogP contribution in [0.3, 0.4) is 0 Å². The van der Waals surface area contributed by atoms with Gasteiger partial charge in [-0.05, 0) is 30.3 Å². The van der Waals surface area contributed by atoms with E-state index in [1.807, 2.05) is 0 Å². The third kappa shape index (κ3) is 3.81. The molecule has 1 unspecified atom stereocenters. The molecule has 0 aliphatic heterocycles. The molecule has 10 heteroatoms. The number of rotatable bonds is 6. The molecule has 0 aliphatic rings. The summed E-state index contributed by atoms with van der Waals surface area (Å²) in [4.78, 5) is 12.5. The standard InChI is InChI=1S/C18H15ClF2N2O4S/c1-27-18(24)17(12-6-5-11(21)9-14(12)19)23-8-7-13-15(3-2-4-16(13)23)22-28(25,26)10-20/h2-9,17,22H,10H2,1H3. The van der Waals surface area contributed by atoms with Gasteiger partial charge in [0.2, 0.25) is 6.01 Å². The molecule has 28 heavy (non-hydrogen) atoms. The lowest BCUT2D eigenvalue weighted by Crippen LogP contribution is -2.22. The molecule has 0 spiro atoms. The molecule has 3 rings (SSSR count). The fraction of sp³-hybridized carbons (Fsp3) is 0.167. The van der Waals surface area contributed by atoms with Crippen molar-refractivity contribution >= 4 is 44.2 Å². The van der Waals surface area contributed by atoms with Crippen molar-refractivity contribution < 1.29 is 26.7 Å². The van der Waals surface area contributed by atoms with Gasteiger partial charge in [0.1, 0.15) is 5.82 Å². The lowest BCUT2D eigenvalue weighted by Gasteiger charge is -2.20. The topological polar surface area (TPSA) is 77.4 Å². The van der Waals surface area contributed by atoms with Crippen molar-refractivity contribution in [2.45, 2.75) is 6.04 Å². The van der Waals surface area contributed by atoms with Crippen molar-refractivity contribution in [3.63, 3.8) is 0 Å². The van der Waals surface area contributed by atoms with Crippen molar-refractivity contribution in [3.05, 3.63) is 65.1 Å². The number of ether oxygens (including phenoxy) is 1. The molecule has 0 fully saturated rings. The Morgan fingerprint density at radius 1 is 1.29 bits per heavy atom. The summed E-state index contributed by atoms with van der Waals surface area (Å²) in [5.41, 5.74) is 0.930. The Morgan fingerprint density at radius 2 is 2.04 bits per heavy atom. The summed E-state index contributed by atoms with van der Waals surface area (Å²) in [6.45, 7) is 0. The van der Waals surface area contributed by atoms with Gasteiger partial charge in [0.05, 0.1) is 18.3 Å². The highest BCUT2D eigenvalue weighted by atomic mass is 35.5. The largest absolute Gasteiger partial charge is 0.467 e. The van der Waals surface area contributed by atoms with Crippen LogP contribution in [0.15, 0.2) is 48.7 Å². The Balaban J connectivity index is 2.18. The van der Waals surface area contributed by atoms with Gasteiger partial charge in [-0.25, -0.2) is 22.0 Å². The van der Waals surface area contributed by atoms with Gasteiger partial charge in [0, 0.05) is 22.2 Å². The zero-order valence-corrected chi connectivity index (χ0v) is 16.1. The first-order valence-electron chi connectivity index (χ1n) is 7.96. The third-order valence-corrected chi connectivity index (χ3v) is 5.28. The predicted octanol–water partition coefficient (Wildman–Crippen LogP) is 3.86. The predicted molar refractivity (Wildman–Crippen MR) is 102 cm³/mol. The minimum Gasteiger partial charge on any atom is -0.467 e. The van der Waals surface area contributed by atoms with Crippen LogP contribution in [0, 0.1) is 5.82 Å². The van der Waals surface area contributed by atoms with Crippen LogP contribution in [0.5, 0.6) is 0 Å². The summed E-state index contributed by atoms with van der Waals surface area (Å²) >= 11 is 6.14. The molecule has 0 bridgehead atoms. The number of nitrogens with zero attached hydrogens (tertiary/aromatic N) is 1. The summed E-state index contributed by atoms with van der Waals surface area (Å²) < 4.78 is 57.8. The smallest absolute Gasteiger partial charge is 0.333 e. The van der Waals surface area contributed by atoms with Crippen molar-refractivity contribution in [3.8, 4) is 0 Å². The quantitative estimate of drug-likeness (QED) is 0.605. The Bertz CT molecular complexity index is 1150. The van der Waals surface area contributed by atoms with Crippen LogP contribution in [0.1, 0.15) is 11.6 Å². The van der Waals surface area contributed by atoms with E-state index in [1.165, 1.54) is 29.9 Å². The molecule has 0 radical (unpaired) electrons. The van der Waals surface area contributed by atoms with E-state index in [-0.39, 0.29) is 10.7 Å². The number of sulfonamides is 1. The van der Waals surface area contributed by atoms with Crippen molar-refractivity contribution in [2.75, 3.05) is 17.8 Å². The van der Waals surface area contributed by atoms with E-state index in [0.29, 0.717) is 16.5 Å². The number of nitrogens with one attached hydrogen (secondary N) is 1. The van der Waals surface area contributed by atoms with E-state index >= 15 is 0 Å². The fourth-order valence-electron chi connectivity index (χ4n) is 2.92. The minimum absolute atomic E-state index is 0.0338. The van der Waals surface area contributed by atoms with Crippen molar-refractivity contribution in [1.82, 2.24) is 4.57 Å². The van der Waals surface area contributed by atoms with Gasteiger partial charge in [-0.1, -0.05) is 23.7 Å². The normalized spacial score (nSPS) is 12.7. The molecular formula is C18H15ClF2N2O4S. The van der Waals surface area contributed by atoms with Crippen molar-refractivity contribution in [1.29, 1.82) is 0 Å². The maximum Gasteiger partial charge on any atom is 0.333 e. The third-order valence-electron chi connectivity index (χ3n) is 4.13. The van der Waals surface area contributed by atoms with E-state index in [4.69, 9.17) is 16.3 Å². The summed E-state index contributed by atoms with van der Waals surface area (Å²) in [5, 5.41) is 0.471. The number of benzene rings is 2. The summed E-state index contributed by atoms with van der Waals surface area (Å²) in [5.74, 6) is -1.21. The Morgan fingerprint density at radius 3 is 2.68 bits per heavy atom. The van der Waals surface area contributed by atoms with Crippen LogP contribution in [-0.2, 0) is 19.6 Å². The van der Waals surface area contributed by atoms with Gasteiger partial charge in [0.25, 0.3) is 10.0 Å². The van der Waals surface area contributed by atoms with Gasteiger partial charge >= 0.3 is 5.97 Å². The number of hydrogen-bond acceptors (Lipinski definition) is 4. The molecule has 0 saturated carbocycles. The van der Waals surface area contributed by atoms with Gasteiger partial charge < -0.3 is 9.30 Å². The Labute approximate surface area is 164 Å². The van der Waals surface area contributed by atoms with E-state index in [0.717, 1.165) is 6.07 Å². The number of alkyl halides is 1. The molecular weight excluding hydrogens is 414 g/mol. The lowest BCUT2D eigenvalue weighted by molar-refractivity contribution is -0.143. The van der Waals surface area contributed by atoms with Crippen LogP contribution in [0.25, 0.3) is 10.9 Å².